The summed E-state index contributed by atoms with van der Waals surface area (Å²) in [6.45, 7) is 5.53. The van der Waals surface area contributed by atoms with Crippen molar-refractivity contribution in [2.24, 2.45) is 16.6 Å². The maximum absolute atomic E-state index is 11.8. The van der Waals surface area contributed by atoms with Gasteiger partial charge < -0.3 is 21.7 Å². The number of hydrogen-bond donors (Lipinski definition) is 4. The van der Waals surface area contributed by atoms with Crippen LogP contribution in [0.2, 0.25) is 0 Å². The van der Waals surface area contributed by atoms with Crippen LogP contribution < -0.4 is 21.7 Å². The first kappa shape index (κ1) is 22.2. The fourth-order valence-corrected chi connectivity index (χ4v) is 1.75. The third-order valence-electron chi connectivity index (χ3n) is 3.00. The second-order valence-corrected chi connectivity index (χ2v) is 5.55. The van der Waals surface area contributed by atoms with Crippen LogP contribution in [0.15, 0.2) is 29.3 Å². The van der Waals surface area contributed by atoms with Crippen molar-refractivity contribution >= 4 is 41.8 Å². The van der Waals surface area contributed by atoms with Gasteiger partial charge in [0, 0.05) is 25.7 Å². The van der Waals surface area contributed by atoms with Crippen molar-refractivity contribution in [3.05, 3.63) is 35.4 Å². The molecule has 134 valence electrons. The van der Waals surface area contributed by atoms with Gasteiger partial charge in [-0.2, -0.15) is 0 Å². The van der Waals surface area contributed by atoms with E-state index in [4.69, 9.17) is 5.73 Å². The van der Waals surface area contributed by atoms with Gasteiger partial charge in [0.2, 0.25) is 5.91 Å². The molecule has 8 heteroatoms. The molecule has 0 aliphatic heterocycles. The van der Waals surface area contributed by atoms with Crippen LogP contribution in [0.1, 0.15) is 29.8 Å². The Morgan fingerprint density at radius 2 is 1.75 bits per heavy atom. The van der Waals surface area contributed by atoms with Crippen molar-refractivity contribution in [1.82, 2.24) is 16.0 Å². The Bertz CT molecular complexity index is 558. The third-order valence-corrected chi connectivity index (χ3v) is 3.00. The molecular weight excluding hydrogens is 421 g/mol. The van der Waals surface area contributed by atoms with E-state index in [-0.39, 0.29) is 36.4 Å². The highest BCUT2D eigenvalue weighted by atomic mass is 127. The monoisotopic (exact) mass is 447 g/mol. The highest BCUT2D eigenvalue weighted by Gasteiger charge is 2.06. The summed E-state index contributed by atoms with van der Waals surface area (Å²) in [7, 11) is 1.72. The summed E-state index contributed by atoms with van der Waals surface area (Å²) in [4.78, 5) is 26.6. The SMILES string of the molecule is CN=C(NCc1ccc(C(=O)NCC(N)=O)cc1)NCC(C)C.I. The number of guanidine groups is 1. The van der Waals surface area contributed by atoms with Crippen molar-refractivity contribution in [1.29, 1.82) is 0 Å². The molecule has 5 N–H and O–H groups in total. The Morgan fingerprint density at radius 3 is 2.25 bits per heavy atom. The van der Waals surface area contributed by atoms with E-state index in [0.29, 0.717) is 18.0 Å². The van der Waals surface area contributed by atoms with E-state index in [1.165, 1.54) is 0 Å². The van der Waals surface area contributed by atoms with Gasteiger partial charge in [0.1, 0.15) is 0 Å². The van der Waals surface area contributed by atoms with E-state index in [0.717, 1.165) is 18.1 Å². The van der Waals surface area contributed by atoms with E-state index in [1.54, 1.807) is 19.2 Å². The molecule has 1 rings (SSSR count). The summed E-state index contributed by atoms with van der Waals surface area (Å²) in [5.41, 5.74) is 6.49. The molecule has 7 nitrogen and oxygen atoms in total. The largest absolute Gasteiger partial charge is 0.368 e. The molecule has 0 aliphatic carbocycles. The number of nitrogens with two attached hydrogens (primary N) is 1. The van der Waals surface area contributed by atoms with Crippen LogP contribution >= 0.6 is 24.0 Å². The topological polar surface area (TPSA) is 109 Å². The van der Waals surface area contributed by atoms with Crippen molar-refractivity contribution in [2.75, 3.05) is 20.1 Å². The maximum atomic E-state index is 11.8. The van der Waals surface area contributed by atoms with Gasteiger partial charge in [0.05, 0.1) is 6.54 Å². The van der Waals surface area contributed by atoms with Crippen molar-refractivity contribution in [2.45, 2.75) is 20.4 Å². The zero-order chi connectivity index (χ0) is 17.2. The number of nitrogens with zero attached hydrogens (tertiary/aromatic N) is 1. The lowest BCUT2D eigenvalue weighted by molar-refractivity contribution is -0.117. The number of halogens is 1. The van der Waals surface area contributed by atoms with Gasteiger partial charge in [-0.1, -0.05) is 26.0 Å². The molecule has 0 bridgehead atoms. The Hall–Kier alpha value is -1.84. The number of amides is 2. The predicted molar refractivity (Wildman–Crippen MR) is 106 cm³/mol. The minimum atomic E-state index is -0.570. The summed E-state index contributed by atoms with van der Waals surface area (Å²) in [6, 6.07) is 7.11. The number of carbonyl (C=O) groups is 2. The first-order valence-corrected chi connectivity index (χ1v) is 7.52. The fourth-order valence-electron chi connectivity index (χ4n) is 1.75. The van der Waals surface area contributed by atoms with Crippen LogP contribution in [0.3, 0.4) is 0 Å². The molecule has 2 amide bonds. The number of hydrogen-bond acceptors (Lipinski definition) is 3. The Morgan fingerprint density at radius 1 is 1.12 bits per heavy atom. The van der Waals surface area contributed by atoms with Crippen molar-refractivity contribution < 1.29 is 9.59 Å². The van der Waals surface area contributed by atoms with Crippen LogP contribution in [0.25, 0.3) is 0 Å². The van der Waals surface area contributed by atoms with Gasteiger partial charge >= 0.3 is 0 Å². The van der Waals surface area contributed by atoms with Gasteiger partial charge in [-0.3, -0.25) is 14.6 Å². The molecule has 0 aliphatic rings. The molecule has 0 unspecified atom stereocenters. The Balaban J connectivity index is 0.00000529. The number of nitrogens with one attached hydrogen (secondary N) is 3. The van der Waals surface area contributed by atoms with Gasteiger partial charge in [-0.05, 0) is 23.6 Å². The van der Waals surface area contributed by atoms with Crippen molar-refractivity contribution in [3.8, 4) is 0 Å². The standard InChI is InChI=1S/C16H25N5O2.HI/c1-11(2)8-20-16(18-3)21-9-12-4-6-13(7-5-12)15(23)19-10-14(17)22;/h4-7,11H,8-10H2,1-3H3,(H2,17,22)(H,19,23)(H2,18,20,21);1H. The van der Waals surface area contributed by atoms with Crippen LogP contribution in [0, 0.1) is 5.92 Å². The molecule has 24 heavy (non-hydrogen) atoms. The minimum Gasteiger partial charge on any atom is -0.368 e. The summed E-state index contributed by atoms with van der Waals surface area (Å²) >= 11 is 0. The van der Waals surface area contributed by atoms with Crippen molar-refractivity contribution in [3.63, 3.8) is 0 Å². The Labute approximate surface area is 159 Å². The zero-order valence-electron chi connectivity index (χ0n) is 14.3. The molecule has 0 saturated carbocycles. The predicted octanol–water partition coefficient (Wildman–Crippen LogP) is 0.841. The molecule has 1 aromatic rings. The molecule has 0 atom stereocenters. The first-order valence-electron chi connectivity index (χ1n) is 7.52. The highest BCUT2D eigenvalue weighted by molar-refractivity contribution is 14.0. The van der Waals surface area contributed by atoms with E-state index in [1.807, 2.05) is 12.1 Å². The maximum Gasteiger partial charge on any atom is 0.251 e. The number of rotatable bonds is 7. The number of carbonyl (C=O) groups excluding carboxylic acids is 2. The zero-order valence-corrected chi connectivity index (χ0v) is 16.6. The van der Waals surface area contributed by atoms with E-state index in [2.05, 4.69) is 34.8 Å². The summed E-state index contributed by atoms with van der Waals surface area (Å²) in [5, 5.41) is 8.88. The van der Waals surface area contributed by atoms with E-state index < -0.39 is 5.91 Å². The quantitative estimate of drug-likeness (QED) is 0.282. The molecular formula is C16H26IN5O2. The average molecular weight is 447 g/mol. The number of benzene rings is 1. The van der Waals surface area contributed by atoms with Gasteiger partial charge in [0.25, 0.3) is 5.91 Å². The van der Waals surface area contributed by atoms with E-state index in [9.17, 15) is 9.59 Å². The van der Waals surface area contributed by atoms with E-state index >= 15 is 0 Å². The van der Waals surface area contributed by atoms with Gasteiger partial charge in [-0.25, -0.2) is 0 Å². The fraction of sp³-hybridized carbons (Fsp3) is 0.438. The first-order chi connectivity index (χ1) is 10.9. The molecule has 1 aromatic carbocycles. The minimum absolute atomic E-state index is 0. The smallest absolute Gasteiger partial charge is 0.251 e. The average Bonchev–Trinajstić information content (AvgIpc) is 2.53. The third kappa shape index (κ3) is 8.70. The van der Waals surface area contributed by atoms with Crippen LogP contribution in [-0.2, 0) is 11.3 Å². The summed E-state index contributed by atoms with van der Waals surface area (Å²) in [5.74, 6) is 0.380. The van der Waals surface area contributed by atoms with Crippen LogP contribution in [0.5, 0.6) is 0 Å². The molecule has 0 spiro atoms. The molecule has 0 heterocycles. The summed E-state index contributed by atoms with van der Waals surface area (Å²) in [6.07, 6.45) is 0. The normalized spacial score (nSPS) is 10.8. The molecule has 0 radical (unpaired) electrons. The molecule has 0 aromatic heterocycles. The lowest BCUT2D eigenvalue weighted by atomic mass is 10.1. The molecule has 0 saturated heterocycles. The highest BCUT2D eigenvalue weighted by Crippen LogP contribution is 2.04. The lowest BCUT2D eigenvalue weighted by Gasteiger charge is -2.13. The van der Waals surface area contributed by atoms with Crippen LogP contribution in [0.4, 0.5) is 0 Å². The second kappa shape index (κ2) is 11.7. The second-order valence-electron chi connectivity index (χ2n) is 5.55. The lowest BCUT2D eigenvalue weighted by Crippen LogP contribution is -2.38. The van der Waals surface area contributed by atoms with Crippen LogP contribution in [-0.4, -0.2) is 37.9 Å². The van der Waals surface area contributed by atoms with Gasteiger partial charge in [0.15, 0.2) is 5.96 Å². The number of primary amides is 1. The molecule has 0 fully saturated rings. The van der Waals surface area contributed by atoms with Gasteiger partial charge in [-0.15, -0.1) is 24.0 Å². The Kier molecular flexibility index (Phi) is 10.8. The number of aliphatic imine (C=N–C) groups is 1. The summed E-state index contributed by atoms with van der Waals surface area (Å²) < 4.78 is 0.